The first kappa shape index (κ1) is 9.80. The maximum atomic E-state index is 9.36. The fraction of sp³-hybridized carbons (Fsp3) is 0.167. The Bertz CT molecular complexity index is 423. The lowest BCUT2D eigenvalue weighted by Crippen LogP contribution is -1.90. The van der Waals surface area contributed by atoms with Crippen LogP contribution in [0.15, 0.2) is 42.9 Å². The molecule has 76 valence electrons. The van der Waals surface area contributed by atoms with Crippen LogP contribution >= 0.6 is 0 Å². The van der Waals surface area contributed by atoms with Crippen LogP contribution in [0.3, 0.4) is 0 Å². The first-order chi connectivity index (χ1) is 7.27. The number of benzene rings is 1. The lowest BCUT2D eigenvalue weighted by atomic mass is 10.1. The molecule has 0 aliphatic heterocycles. The van der Waals surface area contributed by atoms with Gasteiger partial charge in [-0.15, -0.1) is 0 Å². The molecular formula is C12H12N2O. The second-order valence-corrected chi connectivity index (χ2v) is 3.39. The normalized spacial score (nSPS) is 12.4. The Labute approximate surface area is 88.5 Å². The number of aliphatic hydroxyl groups excluding tert-OH is 1. The van der Waals surface area contributed by atoms with Crippen molar-refractivity contribution in [2.75, 3.05) is 0 Å². The van der Waals surface area contributed by atoms with Gasteiger partial charge in [0.25, 0.3) is 0 Å². The second-order valence-electron chi connectivity index (χ2n) is 3.39. The Morgan fingerprint density at radius 3 is 2.40 bits per heavy atom. The smallest absolute Gasteiger partial charge is 0.0885 e. The molecular weight excluding hydrogens is 188 g/mol. The first-order valence-electron chi connectivity index (χ1n) is 4.82. The van der Waals surface area contributed by atoms with Gasteiger partial charge in [0.2, 0.25) is 0 Å². The van der Waals surface area contributed by atoms with Gasteiger partial charge in [-0.25, -0.2) is 0 Å². The molecule has 3 nitrogen and oxygen atoms in total. The van der Waals surface area contributed by atoms with Crippen LogP contribution in [0.4, 0.5) is 0 Å². The number of nitrogens with zero attached hydrogens (tertiary/aromatic N) is 2. The lowest BCUT2D eigenvalue weighted by Gasteiger charge is -2.05. The molecule has 0 saturated carbocycles. The maximum absolute atomic E-state index is 9.36. The van der Waals surface area contributed by atoms with Gasteiger partial charge in [0.15, 0.2) is 0 Å². The van der Waals surface area contributed by atoms with Crippen molar-refractivity contribution in [3.8, 4) is 11.3 Å². The van der Waals surface area contributed by atoms with Gasteiger partial charge in [-0.3, -0.25) is 9.97 Å². The van der Waals surface area contributed by atoms with E-state index in [0.717, 1.165) is 16.8 Å². The molecule has 1 aromatic carbocycles. The van der Waals surface area contributed by atoms with Gasteiger partial charge in [0, 0.05) is 18.0 Å². The molecule has 0 aliphatic carbocycles. The van der Waals surface area contributed by atoms with Crippen molar-refractivity contribution >= 4 is 0 Å². The van der Waals surface area contributed by atoms with Crippen molar-refractivity contribution in [3.63, 3.8) is 0 Å². The number of aliphatic hydroxyl groups is 1. The van der Waals surface area contributed by atoms with Gasteiger partial charge in [0.05, 0.1) is 18.0 Å². The van der Waals surface area contributed by atoms with Crippen molar-refractivity contribution in [1.29, 1.82) is 0 Å². The SMILES string of the molecule is C[C@H](O)c1ccc(-c2cnccn2)cc1. The monoisotopic (exact) mass is 200 g/mol. The standard InChI is InChI=1S/C12H12N2O/c1-9(15)10-2-4-11(5-3-10)12-8-13-6-7-14-12/h2-9,15H,1H3/t9-/m0/s1. The zero-order valence-electron chi connectivity index (χ0n) is 8.46. The Balaban J connectivity index is 2.32. The predicted octanol–water partition coefficient (Wildman–Crippen LogP) is 2.20. The highest BCUT2D eigenvalue weighted by Crippen LogP contribution is 2.19. The van der Waals surface area contributed by atoms with E-state index in [1.807, 2.05) is 24.3 Å². The summed E-state index contributed by atoms with van der Waals surface area (Å²) in [6.45, 7) is 1.75. The highest BCUT2D eigenvalue weighted by atomic mass is 16.3. The summed E-state index contributed by atoms with van der Waals surface area (Å²) in [4.78, 5) is 8.21. The molecule has 0 unspecified atom stereocenters. The summed E-state index contributed by atoms with van der Waals surface area (Å²) in [5.74, 6) is 0. The largest absolute Gasteiger partial charge is 0.389 e. The molecule has 0 spiro atoms. The third-order valence-electron chi connectivity index (χ3n) is 2.25. The number of hydrogen-bond acceptors (Lipinski definition) is 3. The van der Waals surface area contributed by atoms with Crippen molar-refractivity contribution in [2.24, 2.45) is 0 Å². The van der Waals surface area contributed by atoms with E-state index in [-0.39, 0.29) is 0 Å². The van der Waals surface area contributed by atoms with E-state index in [1.54, 1.807) is 25.5 Å². The summed E-state index contributed by atoms with van der Waals surface area (Å²) in [6.07, 6.45) is 4.60. The van der Waals surface area contributed by atoms with Crippen molar-refractivity contribution in [3.05, 3.63) is 48.4 Å². The van der Waals surface area contributed by atoms with Gasteiger partial charge < -0.3 is 5.11 Å². The Hall–Kier alpha value is -1.74. The van der Waals surface area contributed by atoms with Crippen LogP contribution in [0.25, 0.3) is 11.3 Å². The average molecular weight is 200 g/mol. The molecule has 2 rings (SSSR count). The third kappa shape index (κ3) is 2.19. The molecule has 0 radical (unpaired) electrons. The Morgan fingerprint density at radius 1 is 1.13 bits per heavy atom. The summed E-state index contributed by atoms with van der Waals surface area (Å²) in [6, 6.07) is 7.67. The van der Waals surface area contributed by atoms with Crippen LogP contribution < -0.4 is 0 Å². The predicted molar refractivity (Wildman–Crippen MR) is 58.1 cm³/mol. The number of aromatic nitrogens is 2. The van der Waals surface area contributed by atoms with Crippen LogP contribution in [-0.4, -0.2) is 15.1 Å². The molecule has 2 aromatic rings. The lowest BCUT2D eigenvalue weighted by molar-refractivity contribution is 0.199. The summed E-state index contributed by atoms with van der Waals surface area (Å²) < 4.78 is 0. The van der Waals surface area contributed by atoms with Crippen LogP contribution in [0, 0.1) is 0 Å². The third-order valence-corrected chi connectivity index (χ3v) is 2.25. The van der Waals surface area contributed by atoms with Gasteiger partial charge >= 0.3 is 0 Å². The highest BCUT2D eigenvalue weighted by Gasteiger charge is 2.02. The fourth-order valence-electron chi connectivity index (χ4n) is 1.38. The molecule has 1 N–H and O–H groups in total. The van der Waals surface area contributed by atoms with Crippen molar-refractivity contribution in [1.82, 2.24) is 9.97 Å². The van der Waals surface area contributed by atoms with E-state index in [4.69, 9.17) is 0 Å². The maximum Gasteiger partial charge on any atom is 0.0885 e. The topological polar surface area (TPSA) is 46.0 Å². The number of rotatable bonds is 2. The molecule has 3 heteroatoms. The minimum atomic E-state index is -0.430. The van der Waals surface area contributed by atoms with E-state index in [2.05, 4.69) is 9.97 Å². The first-order valence-corrected chi connectivity index (χ1v) is 4.82. The molecule has 0 saturated heterocycles. The van der Waals surface area contributed by atoms with E-state index >= 15 is 0 Å². The molecule has 1 aromatic heterocycles. The molecule has 15 heavy (non-hydrogen) atoms. The quantitative estimate of drug-likeness (QED) is 0.808. The van der Waals surface area contributed by atoms with Crippen LogP contribution in [0.2, 0.25) is 0 Å². The second kappa shape index (κ2) is 4.19. The molecule has 0 amide bonds. The summed E-state index contributed by atoms with van der Waals surface area (Å²) in [5, 5.41) is 9.36. The molecule has 0 fully saturated rings. The van der Waals surface area contributed by atoms with Crippen LogP contribution in [0.1, 0.15) is 18.6 Å². The minimum absolute atomic E-state index is 0.430. The highest BCUT2D eigenvalue weighted by molar-refractivity contribution is 5.58. The summed E-state index contributed by atoms with van der Waals surface area (Å²) in [7, 11) is 0. The number of hydrogen-bond donors (Lipinski definition) is 1. The molecule has 1 atom stereocenters. The van der Waals surface area contributed by atoms with E-state index in [9.17, 15) is 5.11 Å². The molecule has 1 heterocycles. The average Bonchev–Trinajstić information content (AvgIpc) is 2.30. The zero-order valence-corrected chi connectivity index (χ0v) is 8.46. The van der Waals surface area contributed by atoms with E-state index < -0.39 is 6.10 Å². The van der Waals surface area contributed by atoms with E-state index in [0.29, 0.717) is 0 Å². The Kier molecular flexibility index (Phi) is 2.74. The summed E-state index contributed by atoms with van der Waals surface area (Å²) in [5.41, 5.74) is 2.75. The van der Waals surface area contributed by atoms with Crippen LogP contribution in [0.5, 0.6) is 0 Å². The zero-order chi connectivity index (χ0) is 10.7. The fourth-order valence-corrected chi connectivity index (χ4v) is 1.38. The minimum Gasteiger partial charge on any atom is -0.389 e. The van der Waals surface area contributed by atoms with Crippen molar-refractivity contribution in [2.45, 2.75) is 13.0 Å². The van der Waals surface area contributed by atoms with Gasteiger partial charge in [-0.05, 0) is 12.5 Å². The summed E-state index contributed by atoms with van der Waals surface area (Å²) >= 11 is 0. The molecule has 0 bridgehead atoms. The van der Waals surface area contributed by atoms with Crippen LogP contribution in [-0.2, 0) is 0 Å². The van der Waals surface area contributed by atoms with Gasteiger partial charge in [-0.1, -0.05) is 24.3 Å². The van der Waals surface area contributed by atoms with Gasteiger partial charge in [-0.2, -0.15) is 0 Å². The van der Waals surface area contributed by atoms with Crippen molar-refractivity contribution < 1.29 is 5.11 Å². The van der Waals surface area contributed by atoms with E-state index in [1.165, 1.54) is 0 Å². The van der Waals surface area contributed by atoms with Gasteiger partial charge in [0.1, 0.15) is 0 Å². The Morgan fingerprint density at radius 2 is 1.87 bits per heavy atom. The molecule has 0 aliphatic rings.